The highest BCUT2D eigenvalue weighted by Gasteiger charge is 2.32. The maximum atomic E-state index is 6.53. The molecule has 2 aliphatic heterocycles. The highest BCUT2D eigenvalue weighted by molar-refractivity contribution is 5.85. The first-order chi connectivity index (χ1) is 18.3. The predicted octanol–water partition coefficient (Wildman–Crippen LogP) is 7.61. The molecule has 2 atom stereocenters. The van der Waals surface area contributed by atoms with Crippen LogP contribution in [0, 0.1) is 0 Å². The number of likely N-dealkylation sites (N-methyl/N-ethyl adjacent to an activating group) is 1. The van der Waals surface area contributed by atoms with E-state index in [0.29, 0.717) is 6.04 Å². The number of benzene rings is 4. The van der Waals surface area contributed by atoms with E-state index in [1.807, 2.05) is 0 Å². The molecule has 0 amide bonds. The van der Waals surface area contributed by atoms with Crippen molar-refractivity contribution in [3.63, 3.8) is 0 Å². The van der Waals surface area contributed by atoms with E-state index in [-0.39, 0.29) is 6.04 Å². The molecule has 3 nitrogen and oxygen atoms in total. The molecule has 0 radical (unpaired) electrons. The molecule has 37 heavy (non-hydrogen) atoms. The summed E-state index contributed by atoms with van der Waals surface area (Å²) in [5.74, 6) is 1.92. The van der Waals surface area contributed by atoms with E-state index in [4.69, 9.17) is 4.74 Å². The van der Waals surface area contributed by atoms with Crippen molar-refractivity contribution < 1.29 is 4.74 Å². The summed E-state index contributed by atoms with van der Waals surface area (Å²) in [6.07, 6.45) is 6.98. The third-order valence-corrected chi connectivity index (χ3v) is 8.33. The molecule has 0 spiro atoms. The fourth-order valence-electron chi connectivity index (χ4n) is 6.47. The molecule has 0 N–H and O–H groups in total. The van der Waals surface area contributed by atoms with E-state index in [9.17, 15) is 0 Å². The van der Waals surface area contributed by atoms with Gasteiger partial charge >= 0.3 is 0 Å². The monoisotopic (exact) mass is 484 g/mol. The van der Waals surface area contributed by atoms with Gasteiger partial charge in [-0.15, -0.1) is 0 Å². The minimum absolute atomic E-state index is 0.0554. The molecule has 3 heteroatoms. The molecule has 5 aromatic rings. The number of hydrogen-bond donors (Lipinski definition) is 0. The smallest absolute Gasteiger partial charge is 0.133 e. The maximum absolute atomic E-state index is 6.53. The van der Waals surface area contributed by atoms with E-state index >= 15 is 0 Å². The summed E-state index contributed by atoms with van der Waals surface area (Å²) < 4.78 is 9.05. The number of rotatable bonds is 5. The second-order valence-electron chi connectivity index (χ2n) is 10.6. The zero-order valence-corrected chi connectivity index (χ0v) is 21.3. The van der Waals surface area contributed by atoms with E-state index in [1.165, 1.54) is 58.1 Å². The number of nitrogens with zero attached hydrogens (tertiary/aromatic N) is 2. The highest BCUT2D eigenvalue weighted by atomic mass is 16.5. The quantitative estimate of drug-likeness (QED) is 0.250. The van der Waals surface area contributed by atoms with Gasteiger partial charge in [0.2, 0.25) is 0 Å². The van der Waals surface area contributed by atoms with Crippen molar-refractivity contribution in [1.29, 1.82) is 0 Å². The van der Waals surface area contributed by atoms with Gasteiger partial charge in [0, 0.05) is 34.3 Å². The zero-order chi connectivity index (χ0) is 24.8. The summed E-state index contributed by atoms with van der Waals surface area (Å²) in [4.78, 5) is 2.53. The van der Waals surface area contributed by atoms with Crippen LogP contribution >= 0.6 is 0 Å². The Labute approximate surface area is 218 Å². The largest absolute Gasteiger partial charge is 0.457 e. The fourth-order valence-corrected chi connectivity index (χ4v) is 6.47. The van der Waals surface area contributed by atoms with Crippen LogP contribution < -0.4 is 4.74 Å². The SMILES string of the molecule is CN1CCC[C@H]1Cc1cn([C@@H]2c3ccccc3Oc3cccc(Cc4ccccc4)c32)c2ccccc12. The zero-order valence-electron chi connectivity index (χ0n) is 21.3. The fraction of sp³-hybridized carbons (Fsp3) is 0.235. The average Bonchev–Trinajstić information content (AvgIpc) is 3.51. The Morgan fingerprint density at radius 1 is 0.784 bits per heavy atom. The Morgan fingerprint density at radius 3 is 2.43 bits per heavy atom. The molecule has 1 saturated heterocycles. The number of aromatic nitrogens is 1. The van der Waals surface area contributed by atoms with Crippen LogP contribution in [0.3, 0.4) is 0 Å². The topological polar surface area (TPSA) is 17.4 Å². The van der Waals surface area contributed by atoms with E-state index in [0.717, 1.165) is 24.3 Å². The van der Waals surface area contributed by atoms with Crippen molar-refractivity contribution >= 4 is 10.9 Å². The minimum Gasteiger partial charge on any atom is -0.457 e. The van der Waals surface area contributed by atoms with Crippen molar-refractivity contribution in [2.24, 2.45) is 0 Å². The molecule has 0 aliphatic carbocycles. The first-order valence-electron chi connectivity index (χ1n) is 13.5. The summed E-state index contributed by atoms with van der Waals surface area (Å²) in [6.45, 7) is 1.20. The Balaban J connectivity index is 1.42. The van der Waals surface area contributed by atoms with Crippen molar-refractivity contribution in [1.82, 2.24) is 9.47 Å². The van der Waals surface area contributed by atoms with Crippen molar-refractivity contribution in [2.45, 2.75) is 37.8 Å². The van der Waals surface area contributed by atoms with Crippen LogP contribution in [0.2, 0.25) is 0 Å². The third-order valence-electron chi connectivity index (χ3n) is 8.33. The Morgan fingerprint density at radius 2 is 1.57 bits per heavy atom. The normalized spacial score (nSPS) is 18.9. The molecule has 7 rings (SSSR count). The molecule has 0 bridgehead atoms. The molecule has 0 unspecified atom stereocenters. The second kappa shape index (κ2) is 9.24. The van der Waals surface area contributed by atoms with Crippen LogP contribution in [-0.2, 0) is 12.8 Å². The molecule has 4 aromatic carbocycles. The number of para-hydroxylation sites is 2. The van der Waals surface area contributed by atoms with Crippen LogP contribution in [0.25, 0.3) is 10.9 Å². The lowest BCUT2D eigenvalue weighted by Crippen LogP contribution is -2.26. The maximum Gasteiger partial charge on any atom is 0.133 e. The van der Waals surface area contributed by atoms with Crippen LogP contribution in [0.1, 0.15) is 46.7 Å². The number of fused-ring (bicyclic) bond motifs is 3. The molecule has 184 valence electrons. The molecule has 1 aromatic heterocycles. The van der Waals surface area contributed by atoms with Gasteiger partial charge in [-0.05, 0) is 74.2 Å². The van der Waals surface area contributed by atoms with Gasteiger partial charge in [0.05, 0.1) is 6.04 Å². The first-order valence-corrected chi connectivity index (χ1v) is 13.5. The average molecular weight is 485 g/mol. The van der Waals surface area contributed by atoms with E-state index in [2.05, 4.69) is 120 Å². The van der Waals surface area contributed by atoms with Gasteiger partial charge in [-0.3, -0.25) is 0 Å². The van der Waals surface area contributed by atoms with E-state index in [1.54, 1.807) is 0 Å². The van der Waals surface area contributed by atoms with Crippen molar-refractivity contribution in [3.8, 4) is 11.5 Å². The summed E-state index contributed by atoms with van der Waals surface area (Å²) in [6, 6.07) is 35.5. The first kappa shape index (κ1) is 22.4. The highest BCUT2D eigenvalue weighted by Crippen LogP contribution is 2.48. The van der Waals surface area contributed by atoms with Crippen LogP contribution in [0.5, 0.6) is 11.5 Å². The molecule has 3 heterocycles. The van der Waals surface area contributed by atoms with Gasteiger partial charge in [0.1, 0.15) is 11.5 Å². The lowest BCUT2D eigenvalue weighted by atomic mass is 9.88. The summed E-state index contributed by atoms with van der Waals surface area (Å²) in [7, 11) is 2.28. The standard InChI is InChI=1S/C34H32N2O/c1-35-20-10-14-27(35)22-26-23-36(30-17-7-5-15-28(26)30)34-29-16-6-8-18-31(29)37-32-19-9-13-25(33(32)34)21-24-11-3-2-4-12-24/h2-9,11-13,15-19,23,27,34H,10,14,20-22H2,1H3/t27-,34+/m0/s1. The minimum atomic E-state index is 0.0554. The molecule has 1 fully saturated rings. The van der Waals surface area contributed by atoms with E-state index < -0.39 is 0 Å². The summed E-state index contributed by atoms with van der Waals surface area (Å²) in [5.41, 5.74) is 7.87. The van der Waals surface area contributed by atoms with Crippen molar-refractivity contribution in [2.75, 3.05) is 13.6 Å². The number of hydrogen-bond acceptors (Lipinski definition) is 2. The van der Waals surface area contributed by atoms with Gasteiger partial charge in [-0.2, -0.15) is 0 Å². The third kappa shape index (κ3) is 3.95. The lowest BCUT2D eigenvalue weighted by Gasteiger charge is -2.32. The number of likely N-dealkylation sites (tertiary alicyclic amines) is 1. The molecular weight excluding hydrogens is 452 g/mol. The predicted molar refractivity (Wildman–Crippen MR) is 151 cm³/mol. The van der Waals surface area contributed by atoms with Gasteiger partial charge in [-0.25, -0.2) is 0 Å². The summed E-state index contributed by atoms with van der Waals surface area (Å²) >= 11 is 0. The van der Waals surface area contributed by atoms with Gasteiger partial charge < -0.3 is 14.2 Å². The Bertz CT molecular complexity index is 1570. The van der Waals surface area contributed by atoms with Crippen LogP contribution in [0.15, 0.2) is 103 Å². The molecule has 2 aliphatic rings. The lowest BCUT2D eigenvalue weighted by molar-refractivity contribution is 0.309. The summed E-state index contributed by atoms with van der Waals surface area (Å²) in [5, 5.41) is 1.37. The molecular formula is C34H32N2O. The second-order valence-corrected chi connectivity index (χ2v) is 10.6. The van der Waals surface area contributed by atoms with Gasteiger partial charge in [0.15, 0.2) is 0 Å². The Kier molecular flexibility index (Phi) is 5.59. The van der Waals surface area contributed by atoms with Crippen LogP contribution in [-0.4, -0.2) is 29.1 Å². The molecule has 0 saturated carbocycles. The van der Waals surface area contributed by atoms with Gasteiger partial charge in [-0.1, -0.05) is 78.9 Å². The number of ether oxygens (including phenoxy) is 1. The van der Waals surface area contributed by atoms with Gasteiger partial charge in [0.25, 0.3) is 0 Å². The Hall–Kier alpha value is -3.82. The van der Waals surface area contributed by atoms with Crippen molar-refractivity contribution in [3.05, 3.63) is 131 Å². The van der Waals surface area contributed by atoms with Crippen LogP contribution in [0.4, 0.5) is 0 Å².